The van der Waals surface area contributed by atoms with Gasteiger partial charge < -0.3 is 26.9 Å². The van der Waals surface area contributed by atoms with Gasteiger partial charge in [-0.2, -0.15) is 0 Å². The first-order valence-corrected chi connectivity index (χ1v) is 28.7. The topological polar surface area (TPSA) is 182 Å². The summed E-state index contributed by atoms with van der Waals surface area (Å²) in [6.45, 7) is 6.65. The molecular weight excluding hydrogens is 1180 g/mol. The number of likely N-dealkylation sites (tertiary alicyclic amines) is 2. The maximum absolute atomic E-state index is 15.0. The maximum Gasteiger partial charge on any atom is 0.269 e. The number of ether oxygens (including phenoxy) is 1. The van der Waals surface area contributed by atoms with Crippen LogP contribution < -0.4 is 0 Å². The van der Waals surface area contributed by atoms with E-state index in [0.717, 1.165) is 111 Å². The number of aromatic amines is 1. The van der Waals surface area contributed by atoms with Crippen LogP contribution in [0.5, 0.6) is 0 Å². The summed E-state index contributed by atoms with van der Waals surface area (Å²) in [7, 11) is -3.99. The predicted octanol–water partition coefficient (Wildman–Crippen LogP) is 13.0. The third kappa shape index (κ3) is 14.5. The zero-order chi connectivity index (χ0) is 53.1. The van der Waals surface area contributed by atoms with E-state index in [2.05, 4.69) is 41.8 Å². The molecule has 5 atom stereocenters. The summed E-state index contributed by atoms with van der Waals surface area (Å²) in [6, 6.07) is 10.5. The van der Waals surface area contributed by atoms with Crippen molar-refractivity contribution >= 4 is 67.1 Å². The molecule has 5 aliphatic rings. The number of amides is 2. The van der Waals surface area contributed by atoms with Gasteiger partial charge in [0.1, 0.15) is 5.65 Å². The molecule has 6 aromatic heterocycles. The molecule has 3 aliphatic heterocycles. The largest absolute Gasteiger partial charge is 0.379 e. The van der Waals surface area contributed by atoms with E-state index in [4.69, 9.17) is 27.9 Å². The van der Waals surface area contributed by atoms with Crippen LogP contribution in [0, 0.1) is 37.8 Å². The van der Waals surface area contributed by atoms with Crippen LogP contribution in [0.2, 0.25) is 10.0 Å². The molecule has 2 saturated carbocycles. The van der Waals surface area contributed by atoms with Gasteiger partial charge in [0.05, 0.1) is 44.8 Å². The SMILES string of the molecule is C.C.CC1CCCO1.Cc1ccc(S(=O)(=O)n2cc(-c3ncc(F)c(C[C@H]4CCC[C@@H](N5CCCC5=O)C4)n3)c3cc(Cl)cnc32)cc1.O=C1CCCN1[C@@H]1CCC[C@H](Cc2nc(-c3c[nH]c4ncc(Cl)cc34)ncc2F)C1.[CH3-].[Pd]. The fourth-order valence-corrected chi connectivity index (χ4v) is 13.3. The summed E-state index contributed by atoms with van der Waals surface area (Å²) in [6.07, 6.45) is 23.5. The second kappa shape index (κ2) is 28.1. The quantitative estimate of drug-likeness (QED) is 0.102. The third-order valence-electron chi connectivity index (χ3n) is 15.5. The van der Waals surface area contributed by atoms with Gasteiger partial charge in [0.25, 0.3) is 10.0 Å². The molecule has 15 nitrogen and oxygen atoms in total. The van der Waals surface area contributed by atoms with E-state index in [1.165, 1.54) is 31.4 Å². The molecule has 2 amide bonds. The Morgan fingerprint density at radius 2 is 1.24 bits per heavy atom. The smallest absolute Gasteiger partial charge is 0.269 e. The van der Waals surface area contributed by atoms with Crippen molar-refractivity contribution in [2.45, 2.75) is 155 Å². The first-order chi connectivity index (χ1) is 36.7. The number of nitrogens with one attached hydrogen (secondary N) is 1. The van der Waals surface area contributed by atoms with E-state index in [0.29, 0.717) is 75.9 Å². The number of fused-ring (bicyclic) bond motifs is 2. The Labute approximate surface area is 493 Å². The van der Waals surface area contributed by atoms with E-state index < -0.39 is 15.8 Å². The number of H-pyrrole nitrogens is 1. The van der Waals surface area contributed by atoms with E-state index >= 15 is 4.39 Å². The molecule has 9 heterocycles. The zero-order valence-electron chi connectivity index (χ0n) is 44.1. The molecule has 21 heteroatoms. The predicted molar refractivity (Wildman–Crippen MR) is 307 cm³/mol. The summed E-state index contributed by atoms with van der Waals surface area (Å²) in [5.41, 5.74) is 3.67. The molecular formula is C59H73Cl2F2N10O5PdS-. The van der Waals surface area contributed by atoms with Gasteiger partial charge in [-0.25, -0.2) is 51.1 Å². The summed E-state index contributed by atoms with van der Waals surface area (Å²) in [4.78, 5) is 57.8. The van der Waals surface area contributed by atoms with E-state index in [1.807, 2.05) is 16.7 Å². The van der Waals surface area contributed by atoms with Crippen LogP contribution in [0.15, 0.2) is 78.5 Å². The van der Waals surface area contributed by atoms with Gasteiger partial charge in [-0.15, -0.1) is 0 Å². The summed E-state index contributed by atoms with van der Waals surface area (Å²) in [5.74, 6) is 0.754. The molecule has 0 bridgehead atoms. The molecule has 0 radical (unpaired) electrons. The van der Waals surface area contributed by atoms with Gasteiger partial charge in [-0.05, 0) is 127 Å². The Kier molecular flexibility index (Phi) is 22.5. The van der Waals surface area contributed by atoms with E-state index in [-0.39, 0.29) is 100 Å². The number of rotatable bonds is 10. The average molecular weight is 1250 g/mol. The van der Waals surface area contributed by atoms with Crippen molar-refractivity contribution in [1.29, 1.82) is 0 Å². The Morgan fingerprint density at radius 1 is 0.700 bits per heavy atom. The number of carbonyl (C=O) groups excluding carboxylic acids is 2. The minimum atomic E-state index is -3.99. The van der Waals surface area contributed by atoms with Crippen LogP contribution in [0.1, 0.15) is 129 Å². The minimum absolute atomic E-state index is 0. The molecule has 0 spiro atoms. The molecule has 3 saturated heterocycles. The molecule has 5 fully saturated rings. The van der Waals surface area contributed by atoms with Gasteiger partial charge in [0.15, 0.2) is 28.9 Å². The maximum atomic E-state index is 15.0. The number of hydrogen-bond donors (Lipinski definition) is 1. The zero-order valence-corrected chi connectivity index (χ0v) is 47.9. The van der Waals surface area contributed by atoms with Crippen molar-refractivity contribution in [3.05, 3.63) is 120 Å². The minimum Gasteiger partial charge on any atom is -0.379 e. The third-order valence-corrected chi connectivity index (χ3v) is 17.6. The molecule has 2 aliphatic carbocycles. The van der Waals surface area contributed by atoms with Crippen molar-refractivity contribution in [2.75, 3.05) is 19.7 Å². The molecule has 1 unspecified atom stereocenters. The Hall–Kier alpha value is -5.29. The van der Waals surface area contributed by atoms with Crippen molar-refractivity contribution in [3.63, 3.8) is 0 Å². The first kappa shape index (κ1) is 63.9. The van der Waals surface area contributed by atoms with Gasteiger partial charge in [0, 0.05) is 112 Å². The molecule has 12 rings (SSSR count). The summed E-state index contributed by atoms with van der Waals surface area (Å²) >= 11 is 12.3. The molecule has 1 aromatic carbocycles. The van der Waals surface area contributed by atoms with Crippen LogP contribution in [0.3, 0.4) is 0 Å². The number of aryl methyl sites for hydroxylation is 1. The normalized spacial score (nSPS) is 20.9. The molecule has 7 aromatic rings. The Balaban J connectivity index is 0.000000229. The number of carbonyl (C=O) groups is 2. The van der Waals surface area contributed by atoms with Crippen molar-refractivity contribution in [3.8, 4) is 22.8 Å². The van der Waals surface area contributed by atoms with Crippen LogP contribution in [-0.2, 0) is 57.6 Å². The number of benzene rings is 1. The van der Waals surface area contributed by atoms with Gasteiger partial charge in [0.2, 0.25) is 11.8 Å². The summed E-state index contributed by atoms with van der Waals surface area (Å²) < 4.78 is 63.0. The van der Waals surface area contributed by atoms with E-state index in [1.54, 1.807) is 48.8 Å². The second-order valence-corrected chi connectivity index (χ2v) is 23.6. The van der Waals surface area contributed by atoms with Crippen LogP contribution in [-0.4, -0.2) is 107 Å². The number of pyridine rings is 2. The molecule has 434 valence electrons. The van der Waals surface area contributed by atoms with Crippen LogP contribution in [0.4, 0.5) is 8.78 Å². The van der Waals surface area contributed by atoms with Crippen LogP contribution >= 0.6 is 23.2 Å². The Morgan fingerprint density at radius 3 is 1.74 bits per heavy atom. The number of aromatic nitrogens is 8. The molecule has 1 N–H and O–H groups in total. The average Bonchev–Trinajstić information content (AvgIpc) is 4.37. The second-order valence-electron chi connectivity index (χ2n) is 20.9. The standard InChI is InChI=1S/C29H29ClFN5O3S.C22H23ClFN5O.C5H10O.2CH4.CH3.Pd/c1-18-7-9-22(10-8-18)40(38,39)36-17-24(23-14-20(30)15-33-29(23)36)28-32-16-25(31)26(34-28)13-19-4-2-5-21(12-19)35-11-3-6-27(35)37;23-14-9-16-17(11-26-21(16)25-10-14)22-27-12-18(24)19(28-22)8-13-3-1-4-15(7-13)29-6-2-5-20(29)30;1-5-3-2-4-6-5;;;;/h7-10,14-17,19,21H,2-6,11-13H2,1H3;9-13,15H,1-8H2,(H,25,26);5H,2-4H2,1H3;2*1H4;1H3;/q;;;;;-1;/t19-,21+;13-,15+;;;;;/m00...../s1. The molecule has 80 heavy (non-hydrogen) atoms. The van der Waals surface area contributed by atoms with Crippen LogP contribution in [0.25, 0.3) is 44.8 Å². The number of hydrogen-bond acceptors (Lipinski definition) is 11. The van der Waals surface area contributed by atoms with Gasteiger partial charge in [-0.1, -0.05) is 68.6 Å². The van der Waals surface area contributed by atoms with Gasteiger partial charge in [-0.3, -0.25) is 9.59 Å². The van der Waals surface area contributed by atoms with Crippen molar-refractivity contribution in [1.82, 2.24) is 48.7 Å². The van der Waals surface area contributed by atoms with Crippen molar-refractivity contribution in [2.24, 2.45) is 11.8 Å². The van der Waals surface area contributed by atoms with Gasteiger partial charge >= 0.3 is 0 Å². The number of nitrogens with zero attached hydrogens (tertiary/aromatic N) is 9. The summed E-state index contributed by atoms with van der Waals surface area (Å²) in [5, 5.41) is 2.11. The Bertz CT molecular complexity index is 3360. The monoisotopic (exact) mass is 1250 g/mol. The van der Waals surface area contributed by atoms with E-state index in [9.17, 15) is 22.4 Å². The fraction of sp³-hybridized carbons (Fsp3) is 0.475. The fourth-order valence-electron chi connectivity index (χ4n) is 11.6. The first-order valence-electron chi connectivity index (χ1n) is 26.5. The van der Waals surface area contributed by atoms with Crippen molar-refractivity contribution < 1.29 is 51.9 Å². The number of halogens is 4.